The van der Waals surface area contributed by atoms with Crippen LogP contribution in [-0.2, 0) is 9.53 Å². The third-order valence-corrected chi connectivity index (χ3v) is 4.32. The lowest BCUT2D eigenvalue weighted by molar-refractivity contribution is -0.126. The van der Waals surface area contributed by atoms with Crippen LogP contribution in [0.1, 0.15) is 58.3 Å². The predicted molar refractivity (Wildman–Crippen MR) is 80.5 cm³/mol. The first-order chi connectivity index (χ1) is 9.67. The molecule has 0 saturated heterocycles. The van der Waals surface area contributed by atoms with E-state index in [-0.39, 0.29) is 11.8 Å². The summed E-state index contributed by atoms with van der Waals surface area (Å²) in [7, 11) is 1.57. The number of unbranched alkanes of at least 4 members (excludes halogenated alkanes) is 1. The molecule has 2 N–H and O–H groups in total. The summed E-state index contributed by atoms with van der Waals surface area (Å²) in [6.45, 7) is 3.11. The van der Waals surface area contributed by atoms with Gasteiger partial charge in [0.05, 0.1) is 12.7 Å². The molecule has 0 aromatic heterocycles. The number of rotatable bonds is 9. The van der Waals surface area contributed by atoms with Gasteiger partial charge >= 0.3 is 0 Å². The van der Waals surface area contributed by atoms with Crippen LogP contribution in [0.2, 0.25) is 0 Å². The number of amides is 1. The molecule has 1 atom stereocenters. The summed E-state index contributed by atoms with van der Waals surface area (Å²) in [5.41, 5.74) is 0. The minimum absolute atomic E-state index is 0.170. The Kier molecular flexibility index (Phi) is 8.86. The van der Waals surface area contributed by atoms with Crippen LogP contribution in [0.3, 0.4) is 0 Å². The maximum Gasteiger partial charge on any atom is 0.223 e. The minimum atomic E-state index is -0.481. The van der Waals surface area contributed by atoms with E-state index < -0.39 is 6.10 Å². The van der Waals surface area contributed by atoms with E-state index in [0.717, 1.165) is 18.8 Å². The quantitative estimate of drug-likeness (QED) is 0.684. The van der Waals surface area contributed by atoms with E-state index in [1.165, 1.54) is 32.1 Å². The molecule has 20 heavy (non-hydrogen) atoms. The van der Waals surface area contributed by atoms with Crippen molar-refractivity contribution in [2.45, 2.75) is 64.4 Å². The van der Waals surface area contributed by atoms with Crippen LogP contribution in [0.4, 0.5) is 0 Å². The van der Waals surface area contributed by atoms with Crippen LogP contribution in [0, 0.1) is 11.8 Å². The zero-order valence-electron chi connectivity index (χ0n) is 13.1. The second kappa shape index (κ2) is 10.2. The van der Waals surface area contributed by atoms with E-state index in [0.29, 0.717) is 19.6 Å². The normalized spacial score (nSPS) is 24.4. The average Bonchev–Trinajstić information content (AvgIpc) is 2.46. The van der Waals surface area contributed by atoms with Crippen LogP contribution < -0.4 is 5.32 Å². The Hall–Kier alpha value is -0.610. The molecule has 1 unspecified atom stereocenters. The van der Waals surface area contributed by atoms with Gasteiger partial charge in [-0.25, -0.2) is 0 Å². The van der Waals surface area contributed by atoms with Crippen LogP contribution in [0.5, 0.6) is 0 Å². The van der Waals surface area contributed by atoms with Crippen molar-refractivity contribution in [2.24, 2.45) is 11.8 Å². The van der Waals surface area contributed by atoms with Gasteiger partial charge in [0.25, 0.3) is 0 Å². The van der Waals surface area contributed by atoms with Crippen molar-refractivity contribution >= 4 is 5.91 Å². The lowest BCUT2D eigenvalue weighted by Gasteiger charge is -2.27. The third-order valence-electron chi connectivity index (χ3n) is 4.32. The van der Waals surface area contributed by atoms with E-state index in [1.807, 2.05) is 0 Å². The lowest BCUT2D eigenvalue weighted by Crippen LogP contribution is -2.35. The molecule has 1 saturated carbocycles. The highest BCUT2D eigenvalue weighted by molar-refractivity contribution is 5.78. The molecular formula is C16H31NO3. The molecule has 118 valence electrons. The molecule has 0 spiro atoms. The first-order valence-electron chi connectivity index (χ1n) is 8.12. The number of hydrogen-bond donors (Lipinski definition) is 2. The maximum absolute atomic E-state index is 12.0. The number of hydrogen-bond acceptors (Lipinski definition) is 3. The van der Waals surface area contributed by atoms with Crippen molar-refractivity contribution in [3.8, 4) is 0 Å². The number of nitrogens with one attached hydrogen (secondary N) is 1. The van der Waals surface area contributed by atoms with Crippen molar-refractivity contribution < 1.29 is 14.6 Å². The highest BCUT2D eigenvalue weighted by Gasteiger charge is 2.25. The molecule has 0 aromatic carbocycles. The van der Waals surface area contributed by atoms with Crippen molar-refractivity contribution in [3.05, 3.63) is 0 Å². The summed E-state index contributed by atoms with van der Waals surface area (Å²) < 4.78 is 4.86. The average molecular weight is 285 g/mol. The first kappa shape index (κ1) is 17.4. The van der Waals surface area contributed by atoms with Gasteiger partial charge in [0.15, 0.2) is 0 Å². The first-order valence-corrected chi connectivity index (χ1v) is 8.12. The van der Waals surface area contributed by atoms with Crippen LogP contribution in [0.15, 0.2) is 0 Å². The molecule has 1 aliphatic rings. The third kappa shape index (κ3) is 6.71. The van der Waals surface area contributed by atoms with E-state index in [4.69, 9.17) is 4.74 Å². The highest BCUT2D eigenvalue weighted by atomic mass is 16.5. The Morgan fingerprint density at radius 2 is 2.05 bits per heavy atom. The van der Waals surface area contributed by atoms with Gasteiger partial charge < -0.3 is 15.2 Å². The standard InChI is InChI=1S/C16H31NO3/c1-3-4-5-13-6-8-14(9-7-13)16(19)17-11-10-15(18)12-20-2/h13-15,18H,3-12H2,1-2H3,(H,17,19). The smallest absolute Gasteiger partial charge is 0.223 e. The monoisotopic (exact) mass is 285 g/mol. The molecule has 4 heteroatoms. The summed E-state index contributed by atoms with van der Waals surface area (Å²) in [6, 6.07) is 0. The van der Waals surface area contributed by atoms with Gasteiger partial charge in [0.2, 0.25) is 5.91 Å². The van der Waals surface area contributed by atoms with Gasteiger partial charge in [0, 0.05) is 19.6 Å². The Bertz CT molecular complexity index is 262. The number of aliphatic hydroxyl groups is 1. The fraction of sp³-hybridized carbons (Fsp3) is 0.938. The lowest BCUT2D eigenvalue weighted by atomic mass is 9.79. The van der Waals surface area contributed by atoms with Crippen molar-refractivity contribution in [1.29, 1.82) is 0 Å². The predicted octanol–water partition coefficient (Wildman–Crippen LogP) is 2.50. The minimum Gasteiger partial charge on any atom is -0.391 e. The largest absolute Gasteiger partial charge is 0.391 e. The molecule has 0 radical (unpaired) electrons. The summed E-state index contributed by atoms with van der Waals surface area (Å²) in [5, 5.41) is 12.5. The van der Waals surface area contributed by atoms with E-state index in [2.05, 4.69) is 12.2 Å². The molecule has 0 aliphatic heterocycles. The molecule has 4 nitrogen and oxygen atoms in total. The van der Waals surface area contributed by atoms with Crippen LogP contribution in [0.25, 0.3) is 0 Å². The van der Waals surface area contributed by atoms with Crippen molar-refractivity contribution in [1.82, 2.24) is 5.32 Å². The van der Waals surface area contributed by atoms with Gasteiger partial charge in [-0.15, -0.1) is 0 Å². The summed E-state index contributed by atoms with van der Waals surface area (Å²) in [4.78, 5) is 12.0. The van der Waals surface area contributed by atoms with E-state index in [9.17, 15) is 9.90 Å². The molecule has 0 bridgehead atoms. The zero-order valence-corrected chi connectivity index (χ0v) is 13.1. The van der Waals surface area contributed by atoms with Crippen molar-refractivity contribution in [3.63, 3.8) is 0 Å². The van der Waals surface area contributed by atoms with Gasteiger partial charge in [-0.05, 0) is 38.0 Å². The highest BCUT2D eigenvalue weighted by Crippen LogP contribution is 2.31. The SMILES string of the molecule is CCCCC1CCC(C(=O)NCCC(O)COC)CC1. The molecule has 1 amide bonds. The summed E-state index contributed by atoms with van der Waals surface area (Å²) in [5.74, 6) is 1.19. The number of aliphatic hydroxyl groups excluding tert-OH is 1. The molecule has 0 aromatic rings. The number of methoxy groups -OCH3 is 1. The molecule has 1 rings (SSSR count). The fourth-order valence-corrected chi connectivity index (χ4v) is 2.99. The number of carbonyl (C=O) groups is 1. The fourth-order valence-electron chi connectivity index (χ4n) is 2.99. The van der Waals surface area contributed by atoms with Gasteiger partial charge in [-0.1, -0.05) is 26.2 Å². The topological polar surface area (TPSA) is 58.6 Å². The Labute approximate surface area is 123 Å². The van der Waals surface area contributed by atoms with E-state index in [1.54, 1.807) is 7.11 Å². The molecule has 0 heterocycles. The number of ether oxygens (including phenoxy) is 1. The second-order valence-electron chi connectivity index (χ2n) is 6.05. The Balaban J connectivity index is 2.13. The summed E-state index contributed by atoms with van der Waals surface area (Å²) >= 11 is 0. The maximum atomic E-state index is 12.0. The molecule has 1 aliphatic carbocycles. The Morgan fingerprint density at radius 1 is 1.35 bits per heavy atom. The number of carbonyl (C=O) groups excluding carboxylic acids is 1. The Morgan fingerprint density at radius 3 is 2.65 bits per heavy atom. The second-order valence-corrected chi connectivity index (χ2v) is 6.05. The van der Waals surface area contributed by atoms with Crippen LogP contribution >= 0.6 is 0 Å². The van der Waals surface area contributed by atoms with Crippen molar-refractivity contribution in [2.75, 3.05) is 20.3 Å². The van der Waals surface area contributed by atoms with Gasteiger partial charge in [0.1, 0.15) is 0 Å². The molecular weight excluding hydrogens is 254 g/mol. The van der Waals surface area contributed by atoms with Gasteiger partial charge in [-0.3, -0.25) is 4.79 Å². The van der Waals surface area contributed by atoms with E-state index >= 15 is 0 Å². The summed E-state index contributed by atoms with van der Waals surface area (Å²) in [6.07, 6.45) is 8.45. The van der Waals surface area contributed by atoms with Crippen LogP contribution in [-0.4, -0.2) is 37.4 Å². The zero-order chi connectivity index (χ0) is 14.8. The van der Waals surface area contributed by atoms with Gasteiger partial charge in [-0.2, -0.15) is 0 Å². The molecule has 1 fully saturated rings.